The molecule has 0 radical (unpaired) electrons. The normalized spacial score (nSPS) is 20.9. The van der Waals surface area contributed by atoms with Crippen molar-refractivity contribution >= 4 is 10.0 Å². The number of hydrogen-bond donors (Lipinski definition) is 0. The van der Waals surface area contributed by atoms with Crippen molar-refractivity contribution < 1.29 is 8.42 Å². The second-order valence-electron chi connectivity index (χ2n) is 6.44. The van der Waals surface area contributed by atoms with E-state index in [1.165, 1.54) is 21.7 Å². The summed E-state index contributed by atoms with van der Waals surface area (Å²) in [5.74, 6) is 0. The molecule has 0 aromatic carbocycles. The summed E-state index contributed by atoms with van der Waals surface area (Å²) in [6.07, 6.45) is 6.58. The monoisotopic (exact) mass is 340 g/mol. The zero-order chi connectivity index (χ0) is 16.4. The van der Waals surface area contributed by atoms with E-state index in [2.05, 4.69) is 10.00 Å². The van der Waals surface area contributed by atoms with Crippen molar-refractivity contribution in [1.82, 2.24) is 19.0 Å². The zero-order valence-corrected chi connectivity index (χ0v) is 14.4. The second-order valence-corrected chi connectivity index (χ2v) is 8.42. The summed E-state index contributed by atoms with van der Waals surface area (Å²) in [5.41, 5.74) is 2.10. The number of rotatable bonds is 3. The highest BCUT2D eigenvalue weighted by atomic mass is 32.2. The molecule has 2 heterocycles. The molecule has 23 heavy (non-hydrogen) atoms. The fourth-order valence-electron chi connectivity index (χ4n) is 3.27. The third kappa shape index (κ3) is 3.99. The summed E-state index contributed by atoms with van der Waals surface area (Å²) in [6.45, 7) is 2.62. The molecule has 1 saturated heterocycles. The fourth-order valence-corrected chi connectivity index (χ4v) is 4.10. The van der Waals surface area contributed by atoms with Crippen molar-refractivity contribution in [3.8, 4) is 0 Å². The van der Waals surface area contributed by atoms with E-state index >= 15 is 0 Å². The van der Waals surface area contributed by atoms with Gasteiger partial charge in [-0.25, -0.2) is 13.1 Å². The molecular weight excluding hydrogens is 316 g/mol. The molecule has 0 spiro atoms. The van der Waals surface area contributed by atoms with Crippen LogP contribution in [0.25, 0.3) is 0 Å². The van der Waals surface area contributed by atoms with Crippen LogP contribution in [0.5, 0.6) is 0 Å². The molecule has 128 valence electrons. The Morgan fingerprint density at radius 3 is 2.48 bits per heavy atom. The summed E-state index contributed by atoms with van der Waals surface area (Å²) in [7, 11) is -3.12. The van der Waals surface area contributed by atoms with Gasteiger partial charge in [0.15, 0.2) is 0 Å². The van der Waals surface area contributed by atoms with E-state index in [1.54, 1.807) is 6.07 Å². The molecule has 1 aromatic rings. The van der Waals surface area contributed by atoms with Crippen molar-refractivity contribution in [1.29, 1.82) is 0 Å². The number of aromatic nitrogens is 2. The van der Waals surface area contributed by atoms with Gasteiger partial charge in [0.25, 0.3) is 5.56 Å². The molecule has 3 rings (SSSR count). The van der Waals surface area contributed by atoms with Gasteiger partial charge in [-0.1, -0.05) is 6.42 Å². The minimum absolute atomic E-state index is 0.0591. The Bertz CT molecular complexity index is 721. The minimum atomic E-state index is -3.12. The van der Waals surface area contributed by atoms with E-state index in [-0.39, 0.29) is 5.56 Å². The molecule has 8 heteroatoms. The lowest BCUT2D eigenvalue weighted by atomic mass is 10.1. The van der Waals surface area contributed by atoms with Crippen LogP contribution in [0.2, 0.25) is 0 Å². The van der Waals surface area contributed by atoms with Gasteiger partial charge in [-0.05, 0) is 31.2 Å². The lowest BCUT2D eigenvalue weighted by Crippen LogP contribution is -2.49. The van der Waals surface area contributed by atoms with Crippen molar-refractivity contribution in [2.75, 3.05) is 32.4 Å². The summed E-state index contributed by atoms with van der Waals surface area (Å²) in [4.78, 5) is 14.4. The van der Waals surface area contributed by atoms with Gasteiger partial charge in [0.1, 0.15) is 0 Å². The molecule has 0 amide bonds. The number of fused-ring (bicyclic) bond motifs is 1. The Labute approximate surface area is 136 Å². The molecular formula is C15H24N4O3S. The van der Waals surface area contributed by atoms with Gasteiger partial charge in [-0.3, -0.25) is 9.69 Å². The number of aryl methyl sites for hydroxylation is 2. The molecule has 0 atom stereocenters. The Hall–Kier alpha value is -1.25. The average Bonchev–Trinajstić information content (AvgIpc) is 2.72. The number of piperazine rings is 1. The highest BCUT2D eigenvalue weighted by Crippen LogP contribution is 2.17. The first-order valence-corrected chi connectivity index (χ1v) is 10.1. The van der Waals surface area contributed by atoms with Gasteiger partial charge in [0.05, 0.1) is 18.6 Å². The third-order valence-corrected chi connectivity index (χ3v) is 5.96. The average molecular weight is 340 g/mol. The third-order valence-electron chi connectivity index (χ3n) is 4.66. The van der Waals surface area contributed by atoms with Crippen LogP contribution < -0.4 is 5.56 Å². The molecule has 1 aliphatic heterocycles. The Morgan fingerprint density at radius 2 is 1.78 bits per heavy atom. The first-order valence-electron chi connectivity index (χ1n) is 8.21. The predicted octanol–water partition coefficient (Wildman–Crippen LogP) is 0.0469. The first-order chi connectivity index (χ1) is 10.9. The Balaban J connectivity index is 1.69. The minimum Gasteiger partial charge on any atom is -0.282 e. The lowest BCUT2D eigenvalue weighted by molar-refractivity contribution is 0.142. The van der Waals surface area contributed by atoms with E-state index in [4.69, 9.17) is 0 Å². The van der Waals surface area contributed by atoms with Crippen LogP contribution >= 0.6 is 0 Å². The molecule has 0 N–H and O–H groups in total. The molecule has 1 aliphatic carbocycles. The zero-order valence-electron chi connectivity index (χ0n) is 13.6. The maximum Gasteiger partial charge on any atom is 0.268 e. The summed E-state index contributed by atoms with van der Waals surface area (Å²) < 4.78 is 26.1. The summed E-state index contributed by atoms with van der Waals surface area (Å²) in [6, 6.07) is 1.74. The maximum atomic E-state index is 12.3. The van der Waals surface area contributed by atoms with Gasteiger partial charge in [0, 0.05) is 32.2 Å². The first kappa shape index (κ1) is 16.6. The maximum absolute atomic E-state index is 12.3. The van der Waals surface area contributed by atoms with Gasteiger partial charge < -0.3 is 0 Å². The lowest BCUT2D eigenvalue weighted by Gasteiger charge is -2.33. The van der Waals surface area contributed by atoms with Crippen LogP contribution in [-0.4, -0.2) is 59.8 Å². The summed E-state index contributed by atoms with van der Waals surface area (Å²) >= 11 is 0. The van der Waals surface area contributed by atoms with Crippen molar-refractivity contribution in [2.24, 2.45) is 0 Å². The highest BCUT2D eigenvalue weighted by Gasteiger charge is 2.24. The van der Waals surface area contributed by atoms with Crippen LogP contribution in [0, 0.1) is 0 Å². The number of sulfonamides is 1. The van der Waals surface area contributed by atoms with Crippen LogP contribution in [0.1, 0.15) is 30.5 Å². The van der Waals surface area contributed by atoms with Gasteiger partial charge in [-0.15, -0.1) is 0 Å². The van der Waals surface area contributed by atoms with Crippen molar-refractivity contribution in [3.05, 3.63) is 27.7 Å². The molecule has 2 aliphatic rings. The van der Waals surface area contributed by atoms with Gasteiger partial charge in [-0.2, -0.15) is 9.40 Å². The van der Waals surface area contributed by atoms with E-state index in [0.29, 0.717) is 32.8 Å². The molecule has 0 bridgehead atoms. The SMILES string of the molecule is CS(=O)(=O)N1CCN(Cn2nc3c(cc2=O)CCCCC3)CC1. The Kier molecular flexibility index (Phi) is 4.84. The second kappa shape index (κ2) is 6.70. The molecule has 0 saturated carbocycles. The fraction of sp³-hybridized carbons (Fsp3) is 0.733. The molecule has 1 fully saturated rings. The van der Waals surface area contributed by atoms with Gasteiger partial charge in [0.2, 0.25) is 10.0 Å². The van der Waals surface area contributed by atoms with E-state index in [0.717, 1.165) is 36.9 Å². The van der Waals surface area contributed by atoms with Gasteiger partial charge >= 0.3 is 0 Å². The van der Waals surface area contributed by atoms with E-state index in [9.17, 15) is 13.2 Å². The predicted molar refractivity (Wildman–Crippen MR) is 87.7 cm³/mol. The Morgan fingerprint density at radius 1 is 1.09 bits per heavy atom. The molecule has 0 unspecified atom stereocenters. The van der Waals surface area contributed by atoms with E-state index < -0.39 is 10.0 Å². The quantitative estimate of drug-likeness (QED) is 0.727. The number of nitrogens with zero attached hydrogens (tertiary/aromatic N) is 4. The largest absolute Gasteiger partial charge is 0.282 e. The molecule has 7 nitrogen and oxygen atoms in total. The van der Waals surface area contributed by atoms with Crippen LogP contribution in [0.15, 0.2) is 10.9 Å². The van der Waals surface area contributed by atoms with Crippen LogP contribution in [-0.2, 0) is 29.5 Å². The standard InChI is InChI=1S/C15H24N4O3S/c1-23(21,22)18-9-7-17(8-10-18)12-19-15(20)11-13-5-3-2-4-6-14(13)16-19/h11H,2-10,12H2,1H3. The topological polar surface area (TPSA) is 75.5 Å². The highest BCUT2D eigenvalue weighted by molar-refractivity contribution is 7.88. The smallest absolute Gasteiger partial charge is 0.268 e. The van der Waals surface area contributed by atoms with Crippen LogP contribution in [0.3, 0.4) is 0 Å². The van der Waals surface area contributed by atoms with Crippen LogP contribution in [0.4, 0.5) is 0 Å². The van der Waals surface area contributed by atoms with Crippen molar-refractivity contribution in [2.45, 2.75) is 38.8 Å². The van der Waals surface area contributed by atoms with E-state index in [1.807, 2.05) is 0 Å². The van der Waals surface area contributed by atoms with Crippen molar-refractivity contribution in [3.63, 3.8) is 0 Å². The summed E-state index contributed by atoms with van der Waals surface area (Å²) in [5, 5.41) is 4.57. The number of hydrogen-bond acceptors (Lipinski definition) is 5. The molecule has 1 aromatic heterocycles.